The van der Waals surface area contributed by atoms with Gasteiger partial charge in [-0.25, -0.2) is 4.39 Å². The number of nitro groups is 1. The number of ether oxygens (including phenoxy) is 1. The minimum Gasteiger partial charge on any atom is -0.486 e. The Labute approximate surface area is 221 Å². The Morgan fingerprint density at radius 2 is 1.69 bits per heavy atom. The molecule has 0 aliphatic carbocycles. The first-order valence-electron chi connectivity index (χ1n) is 10.8. The van der Waals surface area contributed by atoms with Gasteiger partial charge in [0.2, 0.25) is 6.54 Å². The SMILES string of the molecule is Cc1ccc(-n2c(C)nnc2S[C@H](C[N+](=O)[O-])c2cc(Cl)c(OCc3ccc(F)cc3)c(Cl)c2)cc1. The van der Waals surface area contributed by atoms with Crippen molar-refractivity contribution in [1.29, 1.82) is 0 Å². The molecule has 186 valence electrons. The van der Waals surface area contributed by atoms with Crippen molar-refractivity contribution in [3.8, 4) is 11.4 Å². The fourth-order valence-electron chi connectivity index (χ4n) is 3.52. The largest absolute Gasteiger partial charge is 0.486 e. The molecule has 4 rings (SSSR count). The van der Waals surface area contributed by atoms with Crippen LogP contribution < -0.4 is 4.74 Å². The van der Waals surface area contributed by atoms with Crippen molar-refractivity contribution in [2.45, 2.75) is 30.9 Å². The summed E-state index contributed by atoms with van der Waals surface area (Å²) < 4.78 is 20.8. The van der Waals surface area contributed by atoms with Crippen molar-refractivity contribution in [2.75, 3.05) is 6.54 Å². The van der Waals surface area contributed by atoms with Crippen LogP contribution in [0.1, 0.15) is 27.8 Å². The summed E-state index contributed by atoms with van der Waals surface area (Å²) in [5.41, 5.74) is 3.25. The minimum atomic E-state index is -0.644. The van der Waals surface area contributed by atoms with E-state index in [2.05, 4.69) is 10.2 Å². The Bertz CT molecular complexity index is 1360. The highest BCUT2D eigenvalue weighted by Gasteiger charge is 2.26. The second kappa shape index (κ2) is 11.3. The average Bonchev–Trinajstić information content (AvgIpc) is 3.19. The predicted octanol–water partition coefficient (Wildman–Crippen LogP) is 7.02. The summed E-state index contributed by atoms with van der Waals surface area (Å²) in [6.45, 7) is 3.56. The molecule has 0 unspecified atom stereocenters. The molecule has 0 amide bonds. The summed E-state index contributed by atoms with van der Waals surface area (Å²) in [6, 6.07) is 16.9. The van der Waals surface area contributed by atoms with Gasteiger partial charge in [0.1, 0.15) is 23.5 Å². The van der Waals surface area contributed by atoms with Gasteiger partial charge in [0, 0.05) is 10.6 Å². The molecule has 0 saturated carbocycles. The van der Waals surface area contributed by atoms with E-state index in [9.17, 15) is 14.5 Å². The number of aryl methyl sites for hydroxylation is 2. The van der Waals surface area contributed by atoms with E-state index < -0.39 is 10.2 Å². The maximum atomic E-state index is 13.1. The second-order valence-corrected chi connectivity index (χ2v) is 10.0. The first-order valence-corrected chi connectivity index (χ1v) is 12.5. The summed E-state index contributed by atoms with van der Waals surface area (Å²) in [7, 11) is 0. The lowest BCUT2D eigenvalue weighted by molar-refractivity contribution is -0.479. The molecule has 0 bridgehead atoms. The van der Waals surface area contributed by atoms with Crippen LogP contribution in [0.25, 0.3) is 5.69 Å². The van der Waals surface area contributed by atoms with Gasteiger partial charge in [0.05, 0.1) is 10.0 Å². The van der Waals surface area contributed by atoms with Gasteiger partial charge < -0.3 is 4.74 Å². The van der Waals surface area contributed by atoms with Crippen LogP contribution >= 0.6 is 35.0 Å². The van der Waals surface area contributed by atoms with E-state index in [0.717, 1.165) is 16.8 Å². The maximum Gasteiger partial charge on any atom is 0.220 e. The number of rotatable bonds is 9. The van der Waals surface area contributed by atoms with Gasteiger partial charge in [-0.3, -0.25) is 14.7 Å². The monoisotopic (exact) mass is 546 g/mol. The Kier molecular flexibility index (Phi) is 8.13. The van der Waals surface area contributed by atoms with Crippen molar-refractivity contribution < 1.29 is 14.1 Å². The molecule has 36 heavy (non-hydrogen) atoms. The fraction of sp³-hybridized carbons (Fsp3) is 0.200. The number of benzene rings is 3. The van der Waals surface area contributed by atoms with E-state index in [1.807, 2.05) is 42.7 Å². The number of halogens is 3. The van der Waals surface area contributed by atoms with E-state index in [1.54, 1.807) is 24.3 Å². The molecule has 4 aromatic rings. The van der Waals surface area contributed by atoms with Crippen LogP contribution in [0.15, 0.2) is 65.8 Å². The lowest BCUT2D eigenvalue weighted by Gasteiger charge is -2.17. The zero-order chi connectivity index (χ0) is 25.8. The number of thioether (sulfide) groups is 1. The highest BCUT2D eigenvalue weighted by atomic mass is 35.5. The summed E-state index contributed by atoms with van der Waals surface area (Å²) >= 11 is 14.2. The highest BCUT2D eigenvalue weighted by molar-refractivity contribution is 7.99. The zero-order valence-electron chi connectivity index (χ0n) is 19.3. The highest BCUT2D eigenvalue weighted by Crippen LogP contribution is 2.42. The Hall–Kier alpha value is -3.14. The zero-order valence-corrected chi connectivity index (χ0v) is 21.6. The molecule has 0 spiro atoms. The molecule has 0 saturated heterocycles. The summed E-state index contributed by atoms with van der Waals surface area (Å²) in [4.78, 5) is 11.1. The van der Waals surface area contributed by atoms with Gasteiger partial charge in [0.15, 0.2) is 10.9 Å². The average molecular weight is 547 g/mol. The van der Waals surface area contributed by atoms with Gasteiger partial charge in [-0.2, -0.15) is 0 Å². The molecule has 0 N–H and O–H groups in total. The fourth-order valence-corrected chi connectivity index (χ4v) is 5.29. The third-order valence-corrected chi connectivity index (χ3v) is 7.08. The molecule has 3 aromatic carbocycles. The van der Waals surface area contributed by atoms with Crippen molar-refractivity contribution >= 4 is 35.0 Å². The summed E-state index contributed by atoms with van der Waals surface area (Å²) in [6.07, 6.45) is 0. The van der Waals surface area contributed by atoms with Crippen molar-refractivity contribution in [2.24, 2.45) is 0 Å². The topological polar surface area (TPSA) is 83.1 Å². The van der Waals surface area contributed by atoms with Gasteiger partial charge in [0.25, 0.3) is 0 Å². The second-order valence-electron chi connectivity index (χ2n) is 8.05. The van der Waals surface area contributed by atoms with Gasteiger partial charge in [-0.1, -0.05) is 64.8 Å². The van der Waals surface area contributed by atoms with E-state index in [4.69, 9.17) is 27.9 Å². The molecule has 0 aliphatic heterocycles. The summed E-state index contributed by atoms with van der Waals surface area (Å²) in [5, 5.41) is 20.2. The maximum absolute atomic E-state index is 13.1. The predicted molar refractivity (Wildman–Crippen MR) is 138 cm³/mol. The molecule has 1 aromatic heterocycles. The number of nitrogens with zero attached hydrogens (tertiary/aromatic N) is 4. The van der Waals surface area contributed by atoms with Crippen molar-refractivity contribution in [3.63, 3.8) is 0 Å². The Morgan fingerprint density at radius 1 is 1.06 bits per heavy atom. The van der Waals surface area contributed by atoms with Crippen LogP contribution in [0, 0.1) is 29.8 Å². The van der Waals surface area contributed by atoms with Gasteiger partial charge in [-0.15, -0.1) is 10.2 Å². The molecular formula is C25H21Cl2FN4O3S. The molecule has 1 atom stereocenters. The smallest absolute Gasteiger partial charge is 0.220 e. The first-order chi connectivity index (χ1) is 17.2. The van der Waals surface area contributed by atoms with E-state index in [0.29, 0.717) is 16.5 Å². The minimum absolute atomic E-state index is 0.130. The standard InChI is InChI=1S/C25H21Cl2FN4O3S/c1-15-3-9-20(10-4-15)32-16(2)29-30-25(32)36-23(13-31(33)34)18-11-21(26)24(22(27)12-18)35-14-17-5-7-19(28)8-6-17/h3-12,23H,13-14H2,1-2H3/t23-/m1/s1. The molecule has 7 nitrogen and oxygen atoms in total. The Balaban J connectivity index is 1.61. The normalized spacial score (nSPS) is 11.9. The molecular weight excluding hydrogens is 526 g/mol. The third kappa shape index (κ3) is 6.16. The lowest BCUT2D eigenvalue weighted by Crippen LogP contribution is -2.11. The molecule has 0 radical (unpaired) electrons. The van der Waals surface area contributed by atoms with Crippen LogP contribution in [0.4, 0.5) is 4.39 Å². The number of hydrogen-bond acceptors (Lipinski definition) is 6. The van der Waals surface area contributed by atoms with Crippen molar-refractivity contribution in [1.82, 2.24) is 14.8 Å². The van der Waals surface area contributed by atoms with Gasteiger partial charge in [-0.05, 0) is 61.4 Å². The van der Waals surface area contributed by atoms with E-state index >= 15 is 0 Å². The quantitative estimate of drug-likeness (QED) is 0.127. The van der Waals surface area contributed by atoms with Crippen LogP contribution in [-0.4, -0.2) is 26.2 Å². The van der Waals surface area contributed by atoms with Crippen molar-refractivity contribution in [3.05, 3.63) is 109 Å². The molecule has 1 heterocycles. The molecule has 0 fully saturated rings. The van der Waals surface area contributed by atoms with Crippen LogP contribution in [-0.2, 0) is 6.61 Å². The lowest BCUT2D eigenvalue weighted by atomic mass is 10.1. The first kappa shape index (κ1) is 25.9. The Morgan fingerprint density at radius 3 is 2.31 bits per heavy atom. The van der Waals surface area contributed by atoms with Crippen LogP contribution in [0.5, 0.6) is 5.75 Å². The molecule has 11 heteroatoms. The molecule has 0 aliphatic rings. The van der Waals surface area contributed by atoms with Crippen LogP contribution in [0.2, 0.25) is 10.0 Å². The number of aromatic nitrogens is 3. The summed E-state index contributed by atoms with van der Waals surface area (Å²) in [5.74, 6) is 0.554. The number of hydrogen-bond donors (Lipinski definition) is 0. The van der Waals surface area contributed by atoms with Crippen LogP contribution in [0.3, 0.4) is 0 Å². The van der Waals surface area contributed by atoms with E-state index in [1.165, 1.54) is 23.9 Å². The van der Waals surface area contributed by atoms with E-state index in [-0.39, 0.29) is 34.8 Å². The third-order valence-electron chi connectivity index (χ3n) is 5.34. The van der Waals surface area contributed by atoms with Gasteiger partial charge >= 0.3 is 0 Å².